The molecule has 0 saturated heterocycles. The minimum Gasteiger partial charge on any atom is -0.396 e. The number of pyridine rings is 1. The molecule has 2 aliphatic carbocycles. The summed E-state index contributed by atoms with van der Waals surface area (Å²) < 4.78 is 4.91. The molecule has 5 atom stereocenters. The van der Waals surface area contributed by atoms with E-state index in [0.29, 0.717) is 24.5 Å². The van der Waals surface area contributed by atoms with E-state index in [0.717, 1.165) is 22.6 Å². The second-order valence-corrected chi connectivity index (χ2v) is 11.3. The molecule has 1 fully saturated rings. The van der Waals surface area contributed by atoms with Gasteiger partial charge >= 0.3 is 0 Å². The first-order valence-electron chi connectivity index (χ1n) is 11.9. The first kappa shape index (κ1) is 25.7. The average molecular weight is 503 g/mol. The summed E-state index contributed by atoms with van der Waals surface area (Å²) in [7, 11) is 1.46. The van der Waals surface area contributed by atoms with Crippen LogP contribution >= 0.6 is 11.3 Å². The maximum absolute atomic E-state index is 13.1. The lowest BCUT2D eigenvalue weighted by atomic mass is 9.47. The van der Waals surface area contributed by atoms with Crippen molar-refractivity contribution in [1.29, 1.82) is 0 Å². The van der Waals surface area contributed by atoms with Crippen molar-refractivity contribution in [2.45, 2.75) is 58.1 Å². The number of aliphatic hydroxyl groups is 2. The second kappa shape index (κ2) is 10.3. The van der Waals surface area contributed by atoms with Gasteiger partial charge in [-0.1, -0.05) is 19.9 Å². The van der Waals surface area contributed by atoms with Crippen LogP contribution in [0.1, 0.15) is 55.2 Å². The number of amides is 2. The Kier molecular flexibility index (Phi) is 7.56. The fourth-order valence-corrected chi connectivity index (χ4v) is 7.03. The van der Waals surface area contributed by atoms with Gasteiger partial charge in [0, 0.05) is 48.7 Å². The van der Waals surface area contributed by atoms with Crippen LogP contribution in [0.15, 0.2) is 24.5 Å². The quantitative estimate of drug-likeness (QED) is 0.435. The molecular weight excluding hydrogens is 468 g/mol. The molecule has 5 unspecified atom stereocenters. The summed E-state index contributed by atoms with van der Waals surface area (Å²) in [5, 5.41) is 27.5. The number of methoxy groups -OCH3 is 1. The topological polar surface area (TPSA) is 134 Å². The highest BCUT2D eigenvalue weighted by Crippen LogP contribution is 2.62. The number of hydrogen-bond donors (Lipinski definition) is 4. The molecule has 2 aromatic rings. The summed E-state index contributed by atoms with van der Waals surface area (Å²) in [5.74, 6) is -0.645. The molecule has 4 N–H and O–H groups in total. The maximum Gasteiger partial charge on any atom is 0.252 e. The molecule has 0 aliphatic heterocycles. The Hall–Kier alpha value is -2.40. The van der Waals surface area contributed by atoms with Crippen LogP contribution in [0.2, 0.25) is 0 Å². The Morgan fingerprint density at radius 3 is 2.80 bits per heavy atom. The van der Waals surface area contributed by atoms with Crippen molar-refractivity contribution in [2.75, 3.05) is 25.6 Å². The number of carbonyl (C=O) groups excluding carboxylic acids is 2. The zero-order chi connectivity index (χ0) is 25.2. The highest BCUT2D eigenvalue weighted by molar-refractivity contribution is 7.15. The van der Waals surface area contributed by atoms with Gasteiger partial charge in [0.1, 0.15) is 6.61 Å². The lowest BCUT2D eigenvalue weighted by molar-refractivity contribution is -0.144. The van der Waals surface area contributed by atoms with Gasteiger partial charge in [-0.2, -0.15) is 0 Å². The second-order valence-electron chi connectivity index (χ2n) is 10.2. The molecule has 0 radical (unpaired) electrons. The summed E-state index contributed by atoms with van der Waals surface area (Å²) in [6, 6.07) is 3.74. The minimum absolute atomic E-state index is 0.0460. The molecule has 35 heavy (non-hydrogen) atoms. The largest absolute Gasteiger partial charge is 0.396 e. The molecule has 2 amide bonds. The predicted molar refractivity (Wildman–Crippen MR) is 132 cm³/mol. The highest BCUT2D eigenvalue weighted by Gasteiger charge is 2.59. The first-order valence-corrected chi connectivity index (χ1v) is 12.8. The van der Waals surface area contributed by atoms with Gasteiger partial charge in [-0.05, 0) is 42.2 Å². The summed E-state index contributed by atoms with van der Waals surface area (Å²) >= 11 is 1.40. The van der Waals surface area contributed by atoms with Crippen LogP contribution in [0, 0.1) is 16.7 Å². The van der Waals surface area contributed by atoms with Crippen molar-refractivity contribution in [3.63, 3.8) is 0 Å². The monoisotopic (exact) mass is 502 g/mol. The number of ether oxygens (including phenoxy) is 1. The van der Waals surface area contributed by atoms with E-state index >= 15 is 0 Å². The Labute approximate surface area is 209 Å². The first-order chi connectivity index (χ1) is 16.7. The van der Waals surface area contributed by atoms with E-state index in [2.05, 4.69) is 22.5 Å². The zero-order valence-electron chi connectivity index (χ0n) is 20.4. The standard InChI is InChI=1S/C25H34N4O5S/c1-24-7-6-19(31)25(2,14-30)18(24)10-17-22(29-23(35-17)28-21(33)13-34-3)16(24)9-20(32)27-12-15-5-4-8-26-11-15/h4-5,8,11,16,18-19,30-31H,6-7,9-10,12-14H2,1-3H3,(H,27,32)(H,28,29,33). The van der Waals surface area contributed by atoms with Crippen molar-refractivity contribution < 1.29 is 24.5 Å². The molecule has 9 nitrogen and oxygen atoms in total. The fourth-order valence-electron chi connectivity index (χ4n) is 5.95. The van der Waals surface area contributed by atoms with Crippen LogP contribution < -0.4 is 10.6 Å². The molecule has 0 aromatic carbocycles. The number of aromatic nitrogens is 2. The highest BCUT2D eigenvalue weighted by atomic mass is 32.1. The van der Waals surface area contributed by atoms with Gasteiger partial charge in [-0.3, -0.25) is 19.9 Å². The molecule has 10 heteroatoms. The number of hydrogen-bond acceptors (Lipinski definition) is 8. The molecule has 2 aromatic heterocycles. The van der Waals surface area contributed by atoms with Crippen molar-refractivity contribution in [3.05, 3.63) is 40.7 Å². The van der Waals surface area contributed by atoms with Crippen molar-refractivity contribution >= 4 is 28.3 Å². The van der Waals surface area contributed by atoms with Crippen LogP contribution in [0.5, 0.6) is 0 Å². The zero-order valence-corrected chi connectivity index (χ0v) is 21.2. The molecule has 4 rings (SSSR count). The van der Waals surface area contributed by atoms with Gasteiger partial charge < -0.3 is 20.3 Å². The van der Waals surface area contributed by atoms with Crippen LogP contribution in [0.3, 0.4) is 0 Å². The number of anilines is 1. The number of nitrogens with one attached hydrogen (secondary N) is 2. The molecule has 2 heterocycles. The lowest BCUT2D eigenvalue weighted by Gasteiger charge is -2.58. The maximum atomic E-state index is 13.1. The molecule has 190 valence electrons. The molecule has 0 bridgehead atoms. The van der Waals surface area contributed by atoms with E-state index in [1.807, 2.05) is 19.1 Å². The van der Waals surface area contributed by atoms with Crippen molar-refractivity contribution in [2.24, 2.45) is 16.7 Å². The lowest BCUT2D eigenvalue weighted by Crippen LogP contribution is -2.57. The average Bonchev–Trinajstić information content (AvgIpc) is 3.24. The van der Waals surface area contributed by atoms with Gasteiger partial charge in [-0.25, -0.2) is 4.98 Å². The molecule has 0 spiro atoms. The number of fused-ring (bicyclic) bond motifs is 2. The number of thiazole rings is 1. The van der Waals surface area contributed by atoms with Crippen LogP contribution in [-0.2, 0) is 27.3 Å². The van der Waals surface area contributed by atoms with E-state index in [-0.39, 0.29) is 48.7 Å². The molecule has 2 aliphatic rings. The number of nitrogens with zero attached hydrogens (tertiary/aromatic N) is 2. The van der Waals surface area contributed by atoms with E-state index in [9.17, 15) is 19.8 Å². The Balaban J connectivity index is 1.64. The minimum atomic E-state index is -0.696. The third-order valence-corrected chi connectivity index (χ3v) is 9.03. The van der Waals surface area contributed by atoms with E-state index in [1.54, 1.807) is 12.4 Å². The van der Waals surface area contributed by atoms with Gasteiger partial charge in [-0.15, -0.1) is 11.3 Å². The third-order valence-electron chi connectivity index (χ3n) is 8.02. The van der Waals surface area contributed by atoms with Crippen molar-refractivity contribution in [1.82, 2.24) is 15.3 Å². The van der Waals surface area contributed by atoms with Gasteiger partial charge in [0.15, 0.2) is 5.13 Å². The van der Waals surface area contributed by atoms with Gasteiger partial charge in [0.25, 0.3) is 5.91 Å². The smallest absolute Gasteiger partial charge is 0.252 e. The van der Waals surface area contributed by atoms with E-state index < -0.39 is 11.5 Å². The number of rotatable bonds is 8. The van der Waals surface area contributed by atoms with Gasteiger partial charge in [0.2, 0.25) is 5.91 Å². The van der Waals surface area contributed by atoms with E-state index in [1.165, 1.54) is 18.4 Å². The summed E-state index contributed by atoms with van der Waals surface area (Å²) in [6.07, 6.45) is 4.92. The van der Waals surface area contributed by atoms with Crippen LogP contribution in [-0.4, -0.2) is 58.4 Å². The summed E-state index contributed by atoms with van der Waals surface area (Å²) in [6.45, 7) is 4.27. The summed E-state index contributed by atoms with van der Waals surface area (Å²) in [4.78, 5) is 35.1. The molecule has 1 saturated carbocycles. The number of aliphatic hydroxyl groups excluding tert-OH is 2. The summed E-state index contributed by atoms with van der Waals surface area (Å²) in [5.41, 5.74) is 0.699. The van der Waals surface area contributed by atoms with Crippen LogP contribution in [0.4, 0.5) is 5.13 Å². The SMILES string of the molecule is COCC(=O)Nc1nc2c(s1)CC1C(C)(CO)C(O)CCC1(C)C2CC(=O)NCc1cccnc1. The van der Waals surface area contributed by atoms with Gasteiger partial charge in [0.05, 0.1) is 18.4 Å². The fraction of sp³-hybridized carbons (Fsp3) is 0.600. The normalized spacial score (nSPS) is 29.7. The predicted octanol–water partition coefficient (Wildman–Crippen LogP) is 2.24. The van der Waals surface area contributed by atoms with Crippen molar-refractivity contribution in [3.8, 4) is 0 Å². The Bertz CT molecular complexity index is 1060. The van der Waals surface area contributed by atoms with Crippen LogP contribution in [0.25, 0.3) is 0 Å². The third kappa shape index (κ3) is 4.97. The van der Waals surface area contributed by atoms with E-state index in [4.69, 9.17) is 9.72 Å². The Morgan fingerprint density at radius 1 is 1.31 bits per heavy atom. The molecular formula is C25H34N4O5S. The Morgan fingerprint density at radius 2 is 2.11 bits per heavy atom. The number of carbonyl (C=O) groups is 2.